The molecule has 31 heavy (non-hydrogen) atoms. The molecule has 4 rings (SSSR count). The van der Waals surface area contributed by atoms with Gasteiger partial charge in [-0.3, -0.25) is 14.6 Å². The van der Waals surface area contributed by atoms with E-state index in [1.165, 1.54) is 7.05 Å². The van der Waals surface area contributed by atoms with E-state index in [0.717, 1.165) is 33.2 Å². The third-order valence-electron chi connectivity index (χ3n) is 5.24. The summed E-state index contributed by atoms with van der Waals surface area (Å²) in [7, 11) is 3.14. The second kappa shape index (κ2) is 8.47. The first kappa shape index (κ1) is 20.4. The molecule has 0 fully saturated rings. The first-order valence-electron chi connectivity index (χ1n) is 9.96. The predicted molar refractivity (Wildman–Crippen MR) is 119 cm³/mol. The van der Waals surface area contributed by atoms with Crippen molar-refractivity contribution in [3.63, 3.8) is 0 Å². The number of aromatic nitrogens is 1. The second-order valence-electron chi connectivity index (χ2n) is 7.24. The molecule has 0 unspecified atom stereocenters. The number of nitrogens with one attached hydrogen (secondary N) is 2. The van der Waals surface area contributed by atoms with Crippen LogP contribution < -0.4 is 15.4 Å². The predicted octanol–water partition coefficient (Wildman–Crippen LogP) is 3.45. The smallest absolute Gasteiger partial charge is 0.242 e. The van der Waals surface area contributed by atoms with Crippen molar-refractivity contribution in [3.8, 4) is 17.1 Å². The third kappa shape index (κ3) is 3.94. The maximum Gasteiger partial charge on any atom is 0.242 e. The summed E-state index contributed by atoms with van der Waals surface area (Å²) in [5, 5.41) is 7.05. The molecular formula is C24H23N3O4. The van der Waals surface area contributed by atoms with Gasteiger partial charge in [0.25, 0.3) is 0 Å². The van der Waals surface area contributed by atoms with Gasteiger partial charge in [0.1, 0.15) is 23.1 Å². The number of ether oxygens (including phenoxy) is 1. The summed E-state index contributed by atoms with van der Waals surface area (Å²) in [6.07, 6.45) is 1.78. The van der Waals surface area contributed by atoms with Gasteiger partial charge in [-0.05, 0) is 37.3 Å². The van der Waals surface area contributed by atoms with Gasteiger partial charge in [0.15, 0.2) is 5.58 Å². The van der Waals surface area contributed by atoms with E-state index < -0.39 is 6.04 Å². The molecule has 158 valence electrons. The molecule has 7 heteroatoms. The number of amides is 2. The largest absolute Gasteiger partial charge is 0.497 e. The average molecular weight is 417 g/mol. The molecule has 0 aliphatic rings. The standard InChI is InChI=1S/C24H23N3O4/c1-14(24(29)25-2)27-20(28)13-19-18-11-8-15-5-4-12-26-21(15)23(18)31-22(19)16-6-9-17(30-3)10-7-16/h4-12,14H,13H2,1-3H3,(H,25,29)(H,27,28)/t14-/m0/s1. The second-order valence-corrected chi connectivity index (χ2v) is 7.24. The Morgan fingerprint density at radius 2 is 1.90 bits per heavy atom. The SMILES string of the molecule is CNC(=O)[C@H](C)NC(=O)Cc1c(-c2ccc(OC)cc2)oc2c1ccc1cccnc12. The van der Waals surface area contributed by atoms with Crippen molar-refractivity contribution < 1.29 is 18.7 Å². The Morgan fingerprint density at radius 1 is 1.13 bits per heavy atom. The minimum absolute atomic E-state index is 0.0635. The van der Waals surface area contributed by atoms with Gasteiger partial charge in [0.2, 0.25) is 11.8 Å². The normalized spacial score (nSPS) is 12.0. The number of fused-ring (bicyclic) bond motifs is 3. The fourth-order valence-electron chi connectivity index (χ4n) is 3.63. The lowest BCUT2D eigenvalue weighted by Gasteiger charge is -2.12. The topological polar surface area (TPSA) is 93.5 Å². The highest BCUT2D eigenvalue weighted by atomic mass is 16.5. The van der Waals surface area contributed by atoms with Gasteiger partial charge in [-0.1, -0.05) is 18.2 Å². The number of furan rings is 1. The van der Waals surface area contributed by atoms with Gasteiger partial charge in [0.05, 0.1) is 13.5 Å². The van der Waals surface area contributed by atoms with Crippen molar-refractivity contribution >= 4 is 33.7 Å². The zero-order valence-electron chi connectivity index (χ0n) is 17.6. The molecule has 0 saturated carbocycles. The van der Waals surface area contributed by atoms with Crippen LogP contribution >= 0.6 is 0 Å². The van der Waals surface area contributed by atoms with Gasteiger partial charge in [0, 0.05) is 35.1 Å². The number of methoxy groups -OCH3 is 1. The molecule has 0 aliphatic heterocycles. The van der Waals surface area contributed by atoms with Crippen molar-refractivity contribution in [2.75, 3.05) is 14.2 Å². The molecule has 0 aliphatic carbocycles. The number of rotatable bonds is 6. The summed E-state index contributed by atoms with van der Waals surface area (Å²) in [6, 6.07) is 14.6. The number of hydrogen-bond acceptors (Lipinski definition) is 5. The minimum atomic E-state index is -0.636. The van der Waals surface area contributed by atoms with Crippen LogP contribution in [0, 0.1) is 0 Å². The summed E-state index contributed by atoms with van der Waals surface area (Å²) in [5.41, 5.74) is 2.93. The lowest BCUT2D eigenvalue weighted by atomic mass is 10.0. The van der Waals surface area contributed by atoms with Gasteiger partial charge in [-0.15, -0.1) is 0 Å². The first-order chi connectivity index (χ1) is 15.0. The maximum absolute atomic E-state index is 12.8. The van der Waals surface area contributed by atoms with Crippen LogP contribution in [0.25, 0.3) is 33.2 Å². The van der Waals surface area contributed by atoms with Crippen molar-refractivity contribution in [1.82, 2.24) is 15.6 Å². The van der Waals surface area contributed by atoms with Crippen molar-refractivity contribution in [2.24, 2.45) is 0 Å². The van der Waals surface area contributed by atoms with Crippen LogP contribution in [-0.4, -0.2) is 37.0 Å². The highest BCUT2D eigenvalue weighted by Gasteiger charge is 2.22. The molecule has 4 aromatic rings. The Bertz CT molecular complexity index is 1260. The molecule has 2 heterocycles. The molecule has 2 N–H and O–H groups in total. The number of likely N-dealkylation sites (N-methyl/N-ethyl adjacent to an activating group) is 1. The number of pyridine rings is 1. The van der Waals surface area contributed by atoms with Gasteiger partial charge in [-0.25, -0.2) is 0 Å². The minimum Gasteiger partial charge on any atom is -0.497 e. The average Bonchev–Trinajstić information content (AvgIpc) is 3.17. The molecule has 7 nitrogen and oxygen atoms in total. The van der Waals surface area contributed by atoms with E-state index in [1.807, 2.05) is 48.5 Å². The monoisotopic (exact) mass is 417 g/mol. The van der Waals surface area contributed by atoms with E-state index in [0.29, 0.717) is 11.3 Å². The summed E-state index contributed by atoms with van der Waals surface area (Å²) < 4.78 is 11.5. The Balaban J connectivity index is 1.81. The zero-order valence-corrected chi connectivity index (χ0v) is 17.6. The molecule has 0 bridgehead atoms. The summed E-state index contributed by atoms with van der Waals surface area (Å²) in [6.45, 7) is 1.64. The Labute approximate surface area is 179 Å². The van der Waals surface area contributed by atoms with Gasteiger partial charge < -0.3 is 19.8 Å². The van der Waals surface area contributed by atoms with E-state index in [-0.39, 0.29) is 18.2 Å². The van der Waals surface area contributed by atoms with Crippen LogP contribution in [0.5, 0.6) is 5.75 Å². The maximum atomic E-state index is 12.8. The van der Waals surface area contributed by atoms with E-state index >= 15 is 0 Å². The molecule has 0 radical (unpaired) electrons. The van der Waals surface area contributed by atoms with Crippen molar-refractivity contribution in [2.45, 2.75) is 19.4 Å². The van der Waals surface area contributed by atoms with Crippen LogP contribution in [-0.2, 0) is 16.0 Å². The molecule has 0 saturated heterocycles. The first-order valence-corrected chi connectivity index (χ1v) is 9.96. The van der Waals surface area contributed by atoms with Crippen LogP contribution in [0.3, 0.4) is 0 Å². The summed E-state index contributed by atoms with van der Waals surface area (Å²) >= 11 is 0. The van der Waals surface area contributed by atoms with E-state index in [9.17, 15) is 9.59 Å². The zero-order chi connectivity index (χ0) is 22.0. The molecular weight excluding hydrogens is 394 g/mol. The third-order valence-corrected chi connectivity index (χ3v) is 5.24. The highest BCUT2D eigenvalue weighted by Crippen LogP contribution is 2.37. The van der Waals surface area contributed by atoms with Gasteiger partial charge in [-0.2, -0.15) is 0 Å². The summed E-state index contributed by atoms with van der Waals surface area (Å²) in [5.74, 6) is 0.801. The van der Waals surface area contributed by atoms with Crippen LogP contribution in [0.2, 0.25) is 0 Å². The lowest BCUT2D eigenvalue weighted by molar-refractivity contribution is -0.127. The van der Waals surface area contributed by atoms with Crippen molar-refractivity contribution in [1.29, 1.82) is 0 Å². The van der Waals surface area contributed by atoms with Crippen LogP contribution in [0.4, 0.5) is 0 Å². The van der Waals surface area contributed by atoms with E-state index in [4.69, 9.17) is 9.15 Å². The molecule has 2 aromatic carbocycles. The number of hydrogen-bond donors (Lipinski definition) is 2. The molecule has 2 aromatic heterocycles. The fourth-order valence-corrected chi connectivity index (χ4v) is 3.63. The number of carbonyl (C=O) groups excluding carboxylic acids is 2. The van der Waals surface area contributed by atoms with Crippen molar-refractivity contribution in [3.05, 3.63) is 60.3 Å². The van der Waals surface area contributed by atoms with Crippen LogP contribution in [0.1, 0.15) is 12.5 Å². The van der Waals surface area contributed by atoms with Crippen LogP contribution in [0.15, 0.2) is 59.1 Å². The van der Waals surface area contributed by atoms with Gasteiger partial charge >= 0.3 is 0 Å². The number of nitrogens with zero attached hydrogens (tertiary/aromatic N) is 1. The quantitative estimate of drug-likeness (QED) is 0.501. The fraction of sp³-hybridized carbons (Fsp3) is 0.208. The molecule has 0 spiro atoms. The Hall–Kier alpha value is -3.87. The number of carbonyl (C=O) groups is 2. The Morgan fingerprint density at radius 3 is 2.61 bits per heavy atom. The Kier molecular flexibility index (Phi) is 5.58. The van der Waals surface area contributed by atoms with E-state index in [2.05, 4.69) is 15.6 Å². The molecule has 1 atom stereocenters. The van der Waals surface area contributed by atoms with E-state index in [1.54, 1.807) is 20.2 Å². The molecule has 2 amide bonds. The highest BCUT2D eigenvalue weighted by molar-refractivity contribution is 6.06. The lowest BCUT2D eigenvalue weighted by Crippen LogP contribution is -2.44. The summed E-state index contributed by atoms with van der Waals surface area (Å²) in [4.78, 5) is 29.0. The number of benzene rings is 2.